The molecule has 1 saturated heterocycles. The molecule has 0 amide bonds. The zero-order valence-electron chi connectivity index (χ0n) is 11.8. The molecule has 0 aromatic heterocycles. The Bertz CT molecular complexity index is 377. The molecule has 3 N–H and O–H groups in total. The first-order valence-electron chi connectivity index (χ1n) is 7.50. The SMILES string of the molecule is CC1CCCCC1NS(=O)(=O)N1CCC(CN)CC1. The first kappa shape index (κ1) is 15.2. The highest BCUT2D eigenvalue weighted by Gasteiger charge is 2.31. The second kappa shape index (κ2) is 6.52. The van der Waals surface area contributed by atoms with Crippen LogP contribution >= 0.6 is 0 Å². The Morgan fingerprint density at radius 3 is 2.37 bits per heavy atom. The summed E-state index contributed by atoms with van der Waals surface area (Å²) < 4.78 is 29.3. The summed E-state index contributed by atoms with van der Waals surface area (Å²) in [6, 6.07) is 0.117. The molecule has 1 saturated carbocycles. The van der Waals surface area contributed by atoms with Crippen LogP contribution < -0.4 is 10.5 Å². The first-order chi connectivity index (χ1) is 9.03. The van der Waals surface area contributed by atoms with Crippen molar-refractivity contribution in [3.05, 3.63) is 0 Å². The molecule has 0 aromatic carbocycles. The van der Waals surface area contributed by atoms with E-state index in [0.29, 0.717) is 31.5 Å². The van der Waals surface area contributed by atoms with E-state index in [1.165, 1.54) is 6.42 Å². The second-order valence-electron chi connectivity index (χ2n) is 6.07. The molecular weight excluding hydrogens is 262 g/mol. The molecule has 19 heavy (non-hydrogen) atoms. The summed E-state index contributed by atoms with van der Waals surface area (Å²) in [7, 11) is -3.31. The van der Waals surface area contributed by atoms with Crippen LogP contribution in [0.25, 0.3) is 0 Å². The lowest BCUT2D eigenvalue weighted by Crippen LogP contribution is -2.50. The number of hydrogen-bond acceptors (Lipinski definition) is 3. The van der Waals surface area contributed by atoms with Crippen molar-refractivity contribution in [3.63, 3.8) is 0 Å². The summed E-state index contributed by atoms with van der Waals surface area (Å²) >= 11 is 0. The first-order valence-corrected chi connectivity index (χ1v) is 8.94. The molecule has 2 rings (SSSR count). The Hall–Kier alpha value is -0.170. The van der Waals surface area contributed by atoms with Gasteiger partial charge in [0.1, 0.15) is 0 Å². The third-order valence-corrected chi connectivity index (χ3v) is 6.30. The third-order valence-electron chi connectivity index (χ3n) is 4.66. The molecule has 0 aromatic rings. The van der Waals surface area contributed by atoms with Gasteiger partial charge in [-0.25, -0.2) is 0 Å². The Balaban J connectivity index is 1.91. The Morgan fingerprint density at radius 2 is 1.79 bits per heavy atom. The van der Waals surface area contributed by atoms with Crippen LogP contribution in [-0.4, -0.2) is 38.4 Å². The van der Waals surface area contributed by atoms with Gasteiger partial charge in [-0.05, 0) is 44.1 Å². The van der Waals surface area contributed by atoms with Crippen molar-refractivity contribution in [2.24, 2.45) is 17.6 Å². The minimum Gasteiger partial charge on any atom is -0.330 e. The summed E-state index contributed by atoms with van der Waals surface area (Å²) in [5.41, 5.74) is 5.64. The lowest BCUT2D eigenvalue weighted by molar-refractivity contribution is 0.263. The predicted molar refractivity (Wildman–Crippen MR) is 76.8 cm³/mol. The highest BCUT2D eigenvalue weighted by Crippen LogP contribution is 2.25. The lowest BCUT2D eigenvalue weighted by Gasteiger charge is -2.34. The van der Waals surface area contributed by atoms with Crippen molar-refractivity contribution in [1.82, 2.24) is 9.03 Å². The van der Waals surface area contributed by atoms with Crippen molar-refractivity contribution >= 4 is 10.2 Å². The standard InChI is InChI=1S/C13H27N3O2S/c1-11-4-2-3-5-13(11)15-19(17,18)16-8-6-12(10-14)7-9-16/h11-13,15H,2-10,14H2,1H3. The molecular formula is C13H27N3O2S. The van der Waals surface area contributed by atoms with Gasteiger partial charge in [0.15, 0.2) is 0 Å². The molecule has 2 fully saturated rings. The van der Waals surface area contributed by atoms with Crippen molar-refractivity contribution < 1.29 is 8.42 Å². The van der Waals surface area contributed by atoms with Gasteiger partial charge in [-0.3, -0.25) is 0 Å². The average Bonchev–Trinajstić information content (AvgIpc) is 2.41. The van der Waals surface area contributed by atoms with Crippen molar-refractivity contribution in [2.45, 2.75) is 51.5 Å². The highest BCUT2D eigenvalue weighted by molar-refractivity contribution is 7.87. The average molecular weight is 289 g/mol. The van der Waals surface area contributed by atoms with Gasteiger partial charge in [-0.1, -0.05) is 19.8 Å². The van der Waals surface area contributed by atoms with E-state index < -0.39 is 10.2 Å². The van der Waals surface area contributed by atoms with Gasteiger partial charge in [-0.2, -0.15) is 17.4 Å². The number of nitrogens with one attached hydrogen (secondary N) is 1. The molecule has 2 unspecified atom stereocenters. The topological polar surface area (TPSA) is 75.4 Å². The van der Waals surface area contributed by atoms with Crippen molar-refractivity contribution in [3.8, 4) is 0 Å². The number of hydrogen-bond donors (Lipinski definition) is 2. The fourth-order valence-electron chi connectivity index (χ4n) is 3.14. The van der Waals surface area contributed by atoms with Crippen LogP contribution in [-0.2, 0) is 10.2 Å². The number of rotatable bonds is 4. The van der Waals surface area contributed by atoms with Crippen LogP contribution in [0.2, 0.25) is 0 Å². The molecule has 0 radical (unpaired) electrons. The van der Waals surface area contributed by atoms with Crippen LogP contribution in [0.1, 0.15) is 45.4 Å². The number of nitrogens with two attached hydrogens (primary N) is 1. The smallest absolute Gasteiger partial charge is 0.279 e. The molecule has 1 aliphatic carbocycles. The quantitative estimate of drug-likeness (QED) is 0.813. The molecule has 2 aliphatic rings. The van der Waals surface area contributed by atoms with Crippen LogP contribution in [0, 0.1) is 11.8 Å². The Labute approximate surface area is 117 Å². The zero-order chi connectivity index (χ0) is 13.9. The maximum atomic E-state index is 12.4. The number of piperidine rings is 1. The van der Waals surface area contributed by atoms with Crippen LogP contribution in [0.15, 0.2) is 0 Å². The zero-order valence-corrected chi connectivity index (χ0v) is 12.7. The second-order valence-corrected chi connectivity index (χ2v) is 7.77. The molecule has 112 valence electrons. The summed E-state index contributed by atoms with van der Waals surface area (Å²) in [5, 5.41) is 0. The molecule has 6 heteroatoms. The Kier molecular flexibility index (Phi) is 5.22. The van der Waals surface area contributed by atoms with Gasteiger partial charge in [0.2, 0.25) is 0 Å². The Morgan fingerprint density at radius 1 is 1.16 bits per heavy atom. The van der Waals surface area contributed by atoms with E-state index in [1.807, 2.05) is 0 Å². The van der Waals surface area contributed by atoms with E-state index in [9.17, 15) is 8.42 Å². The van der Waals surface area contributed by atoms with Crippen molar-refractivity contribution in [1.29, 1.82) is 0 Å². The van der Waals surface area contributed by atoms with E-state index >= 15 is 0 Å². The summed E-state index contributed by atoms with van der Waals surface area (Å²) in [5.74, 6) is 0.935. The molecule has 1 aliphatic heterocycles. The normalized spacial score (nSPS) is 31.5. The molecule has 1 heterocycles. The maximum absolute atomic E-state index is 12.4. The largest absolute Gasteiger partial charge is 0.330 e. The summed E-state index contributed by atoms with van der Waals surface area (Å²) in [6.45, 7) is 4.03. The van der Waals surface area contributed by atoms with E-state index in [4.69, 9.17) is 5.73 Å². The van der Waals surface area contributed by atoms with Gasteiger partial charge in [0.25, 0.3) is 10.2 Å². The summed E-state index contributed by atoms with van der Waals surface area (Å²) in [4.78, 5) is 0. The fraction of sp³-hybridized carbons (Fsp3) is 1.00. The molecule has 0 spiro atoms. The predicted octanol–water partition coefficient (Wildman–Crippen LogP) is 1.07. The van der Waals surface area contributed by atoms with E-state index in [-0.39, 0.29) is 6.04 Å². The maximum Gasteiger partial charge on any atom is 0.279 e. The molecule has 0 bridgehead atoms. The van der Waals surface area contributed by atoms with E-state index in [2.05, 4.69) is 11.6 Å². The van der Waals surface area contributed by atoms with Gasteiger partial charge < -0.3 is 5.73 Å². The van der Waals surface area contributed by atoms with Crippen LogP contribution in [0.4, 0.5) is 0 Å². The van der Waals surface area contributed by atoms with E-state index in [1.54, 1.807) is 4.31 Å². The van der Waals surface area contributed by atoms with Crippen LogP contribution in [0.3, 0.4) is 0 Å². The monoisotopic (exact) mass is 289 g/mol. The fourth-order valence-corrected chi connectivity index (χ4v) is 4.72. The molecule has 2 atom stereocenters. The summed E-state index contributed by atoms with van der Waals surface area (Å²) in [6.07, 6.45) is 6.23. The van der Waals surface area contributed by atoms with Gasteiger partial charge >= 0.3 is 0 Å². The van der Waals surface area contributed by atoms with Gasteiger partial charge in [0.05, 0.1) is 0 Å². The molecule has 5 nitrogen and oxygen atoms in total. The minimum atomic E-state index is -3.31. The van der Waals surface area contributed by atoms with Gasteiger partial charge in [-0.15, -0.1) is 0 Å². The highest BCUT2D eigenvalue weighted by atomic mass is 32.2. The van der Waals surface area contributed by atoms with Crippen LogP contribution in [0.5, 0.6) is 0 Å². The van der Waals surface area contributed by atoms with Gasteiger partial charge in [0, 0.05) is 19.1 Å². The lowest BCUT2D eigenvalue weighted by atomic mass is 9.87. The third kappa shape index (κ3) is 3.90. The van der Waals surface area contributed by atoms with Crippen molar-refractivity contribution in [2.75, 3.05) is 19.6 Å². The minimum absolute atomic E-state index is 0.117. The van der Waals surface area contributed by atoms with E-state index in [0.717, 1.165) is 32.1 Å². The number of nitrogens with zero attached hydrogens (tertiary/aromatic N) is 1.